The normalized spacial score (nSPS) is 59.9. The predicted octanol–water partition coefficient (Wildman–Crippen LogP) is 0.376. The second-order valence-electron chi connectivity index (χ2n) is 10.0. The summed E-state index contributed by atoms with van der Waals surface area (Å²) in [6.45, 7) is 8.18. The molecule has 4 bridgehead atoms. The minimum Gasteiger partial charge on any atom is -0.393 e. The molecule has 4 N–H and O–H groups in total. The van der Waals surface area contributed by atoms with Gasteiger partial charge in [0.25, 0.3) is 0 Å². The van der Waals surface area contributed by atoms with E-state index >= 15 is 0 Å². The van der Waals surface area contributed by atoms with Gasteiger partial charge in [-0.15, -0.1) is 0 Å². The lowest BCUT2D eigenvalue weighted by Crippen LogP contribution is -2.85. The van der Waals surface area contributed by atoms with E-state index in [1.165, 1.54) is 0 Å². The fourth-order valence-corrected chi connectivity index (χ4v) is 8.03. The van der Waals surface area contributed by atoms with Gasteiger partial charge in [-0.25, -0.2) is 0 Å². The Hall–Kier alpha value is -0.790. The van der Waals surface area contributed by atoms with E-state index in [1.54, 1.807) is 0 Å². The minimum atomic E-state index is -2.20. The van der Waals surface area contributed by atoms with Crippen molar-refractivity contribution < 1.29 is 30.0 Å². The van der Waals surface area contributed by atoms with Gasteiger partial charge in [0.2, 0.25) is 5.79 Å². The number of aliphatic hydroxyl groups is 4. The molecule has 6 aliphatic rings. The first-order valence-corrected chi connectivity index (χ1v) is 9.70. The van der Waals surface area contributed by atoms with Crippen LogP contribution in [0.1, 0.15) is 39.5 Å². The molecule has 144 valence electrons. The van der Waals surface area contributed by atoms with Crippen molar-refractivity contribution in [2.24, 2.45) is 34.0 Å². The van der Waals surface area contributed by atoms with Gasteiger partial charge >= 0.3 is 0 Å². The highest BCUT2D eigenvalue weighted by atomic mass is 16.6. The van der Waals surface area contributed by atoms with E-state index in [-0.39, 0.29) is 29.9 Å². The highest BCUT2D eigenvalue weighted by Crippen LogP contribution is 2.76. The number of ketones is 1. The van der Waals surface area contributed by atoms with Gasteiger partial charge in [-0.3, -0.25) is 4.79 Å². The first-order valence-electron chi connectivity index (χ1n) is 9.70. The van der Waals surface area contributed by atoms with Gasteiger partial charge in [-0.2, -0.15) is 0 Å². The summed E-state index contributed by atoms with van der Waals surface area (Å²) in [6, 6.07) is 0. The summed E-state index contributed by atoms with van der Waals surface area (Å²) in [7, 11) is 0. The van der Waals surface area contributed by atoms with Crippen LogP contribution in [0.15, 0.2) is 12.2 Å². The van der Waals surface area contributed by atoms with Gasteiger partial charge in [0.15, 0.2) is 5.78 Å². The third-order valence-corrected chi connectivity index (χ3v) is 8.75. The van der Waals surface area contributed by atoms with Crippen molar-refractivity contribution in [1.82, 2.24) is 0 Å². The lowest BCUT2D eigenvalue weighted by molar-refractivity contribution is -0.456. The molecule has 0 aromatic rings. The molecule has 9 atom stereocenters. The second kappa shape index (κ2) is 4.61. The molecule has 0 unspecified atom stereocenters. The van der Waals surface area contributed by atoms with E-state index in [1.807, 2.05) is 0 Å². The molecule has 2 saturated heterocycles. The highest BCUT2D eigenvalue weighted by molar-refractivity contribution is 6.05. The number of fused-ring (bicyclic) bond motifs is 2. The molecule has 2 heterocycles. The zero-order chi connectivity index (χ0) is 18.9. The van der Waals surface area contributed by atoms with Gasteiger partial charge in [-0.1, -0.05) is 26.8 Å². The molecule has 4 saturated carbocycles. The first kappa shape index (κ1) is 17.3. The summed E-state index contributed by atoms with van der Waals surface area (Å²) in [6.07, 6.45) is -0.572. The molecule has 4 aliphatic carbocycles. The topological polar surface area (TPSA) is 107 Å². The average Bonchev–Trinajstić information content (AvgIpc) is 2.67. The number of rotatable bonds is 0. The van der Waals surface area contributed by atoms with Crippen molar-refractivity contribution in [3.63, 3.8) is 0 Å². The van der Waals surface area contributed by atoms with Gasteiger partial charge in [0, 0.05) is 23.2 Å². The Morgan fingerprint density at radius 2 is 1.81 bits per heavy atom. The smallest absolute Gasteiger partial charge is 0.208 e. The fraction of sp³-hybridized carbons (Fsp3) is 0.850. The summed E-state index contributed by atoms with van der Waals surface area (Å²) in [4.78, 5) is 13.4. The first-order chi connectivity index (χ1) is 12.1. The number of hydrogen-bond donors (Lipinski definition) is 4. The molecule has 26 heavy (non-hydrogen) atoms. The number of ether oxygens (including phenoxy) is 1. The van der Waals surface area contributed by atoms with E-state index in [2.05, 4.69) is 20.4 Å². The maximum atomic E-state index is 13.4. The Labute approximate surface area is 152 Å². The van der Waals surface area contributed by atoms with Crippen molar-refractivity contribution in [3.8, 4) is 0 Å². The van der Waals surface area contributed by atoms with Crippen LogP contribution in [0.25, 0.3) is 0 Å². The van der Waals surface area contributed by atoms with Gasteiger partial charge in [-0.05, 0) is 30.3 Å². The molecule has 6 heteroatoms. The monoisotopic (exact) mass is 364 g/mol. The Kier molecular flexibility index (Phi) is 3.07. The summed E-state index contributed by atoms with van der Waals surface area (Å²) in [5.74, 6) is -4.19. The second-order valence-corrected chi connectivity index (χ2v) is 10.0. The summed E-state index contributed by atoms with van der Waals surface area (Å²) < 4.78 is 5.83. The molecule has 6 rings (SSSR count). The number of carbonyl (C=O) groups excluding carboxylic acids is 1. The van der Waals surface area contributed by atoms with Gasteiger partial charge in [0.05, 0.1) is 18.8 Å². The lowest BCUT2D eigenvalue weighted by Gasteiger charge is -2.74. The highest BCUT2D eigenvalue weighted by Gasteiger charge is 2.87. The molecule has 0 amide bonds. The van der Waals surface area contributed by atoms with Crippen molar-refractivity contribution >= 4 is 5.78 Å². The maximum Gasteiger partial charge on any atom is 0.208 e. The van der Waals surface area contributed by atoms with E-state index in [0.29, 0.717) is 6.42 Å². The van der Waals surface area contributed by atoms with E-state index in [4.69, 9.17) is 4.74 Å². The molecule has 0 aromatic heterocycles. The zero-order valence-electron chi connectivity index (χ0n) is 15.3. The van der Waals surface area contributed by atoms with E-state index < -0.39 is 52.5 Å². The number of hydrogen-bond acceptors (Lipinski definition) is 6. The van der Waals surface area contributed by atoms with Crippen molar-refractivity contribution in [1.29, 1.82) is 0 Å². The SMILES string of the molecule is C=C1C(=O)[C@]23[C@H](O)[C@H]1C[C@@H](O)[C@H]2[C@]12CCCC(C)(C)[C@H]1[C@H](O)[C@]3(O)OC2. The predicted molar refractivity (Wildman–Crippen MR) is 90.7 cm³/mol. The molecule has 0 aromatic carbocycles. The van der Waals surface area contributed by atoms with Crippen LogP contribution in [0.2, 0.25) is 0 Å². The van der Waals surface area contributed by atoms with Crippen LogP contribution >= 0.6 is 0 Å². The Balaban J connectivity index is 1.82. The summed E-state index contributed by atoms with van der Waals surface area (Å²) >= 11 is 0. The number of aliphatic hydroxyl groups excluding tert-OH is 3. The van der Waals surface area contributed by atoms with E-state index in [0.717, 1.165) is 12.8 Å². The van der Waals surface area contributed by atoms with Crippen LogP contribution in [-0.2, 0) is 9.53 Å². The summed E-state index contributed by atoms with van der Waals surface area (Å²) in [5.41, 5.74) is -2.40. The molecule has 6 fully saturated rings. The zero-order valence-corrected chi connectivity index (χ0v) is 15.3. The third-order valence-electron chi connectivity index (χ3n) is 8.75. The van der Waals surface area contributed by atoms with Crippen LogP contribution in [-0.4, -0.2) is 56.9 Å². The van der Waals surface area contributed by atoms with Gasteiger partial charge in [0.1, 0.15) is 11.5 Å². The number of Topliss-reactive ketones (excluding diaryl/α,β-unsaturated/α-hetero) is 1. The van der Waals surface area contributed by atoms with Crippen molar-refractivity contribution in [3.05, 3.63) is 12.2 Å². The summed E-state index contributed by atoms with van der Waals surface area (Å²) in [5, 5.41) is 45.1. The Morgan fingerprint density at radius 1 is 1.12 bits per heavy atom. The molecule has 2 spiro atoms. The number of carbonyl (C=O) groups is 1. The maximum absolute atomic E-state index is 13.4. The van der Waals surface area contributed by atoms with Crippen LogP contribution in [0, 0.1) is 34.0 Å². The largest absolute Gasteiger partial charge is 0.393 e. The molecule has 6 nitrogen and oxygen atoms in total. The molecule has 2 aliphatic heterocycles. The van der Waals surface area contributed by atoms with E-state index in [9.17, 15) is 25.2 Å². The quantitative estimate of drug-likeness (QED) is 0.463. The fourth-order valence-electron chi connectivity index (χ4n) is 8.03. The Bertz CT molecular complexity index is 717. The minimum absolute atomic E-state index is 0.190. The lowest BCUT2D eigenvalue weighted by atomic mass is 9.36. The third kappa shape index (κ3) is 1.44. The average molecular weight is 364 g/mol. The van der Waals surface area contributed by atoms with Crippen LogP contribution in [0.5, 0.6) is 0 Å². The molecular weight excluding hydrogens is 336 g/mol. The van der Waals surface area contributed by atoms with Crippen LogP contribution < -0.4 is 0 Å². The standard InChI is InChI=1S/C20H28O6/c1-9-10-7-11(21)12-18-6-4-5-17(2,3)13(18)16(24)20(25,26-8-18)19(12,14(9)22)15(10)23/h10-13,15-16,21,23-25H,1,4-8H2,2-3H3/t10-,11+,12-,13+,15+,16-,18+,19-,20-/m0/s1. The van der Waals surface area contributed by atoms with Crippen LogP contribution in [0.3, 0.4) is 0 Å². The van der Waals surface area contributed by atoms with Crippen molar-refractivity contribution in [2.75, 3.05) is 6.61 Å². The van der Waals surface area contributed by atoms with Gasteiger partial charge < -0.3 is 25.2 Å². The molecule has 0 radical (unpaired) electrons. The Morgan fingerprint density at radius 3 is 2.50 bits per heavy atom. The molecular formula is C20H28O6. The van der Waals surface area contributed by atoms with Crippen LogP contribution in [0.4, 0.5) is 0 Å². The van der Waals surface area contributed by atoms with Crippen molar-refractivity contribution in [2.45, 2.75) is 63.6 Å².